The van der Waals surface area contributed by atoms with Crippen molar-refractivity contribution < 1.29 is 9.53 Å². The Morgan fingerprint density at radius 3 is 2.50 bits per heavy atom. The maximum Gasteiger partial charge on any atom is 0.323 e. The van der Waals surface area contributed by atoms with Gasteiger partial charge in [0.15, 0.2) is 0 Å². The molecule has 8 nitrogen and oxygen atoms in total. The third kappa shape index (κ3) is 4.52. The van der Waals surface area contributed by atoms with E-state index in [1.54, 1.807) is 20.9 Å². The predicted octanol–water partition coefficient (Wildman–Crippen LogP) is 0.626. The van der Waals surface area contributed by atoms with Crippen molar-refractivity contribution in [3.05, 3.63) is 0 Å². The van der Waals surface area contributed by atoms with Crippen molar-refractivity contribution in [1.82, 2.24) is 15.0 Å². The molecule has 0 unspecified atom stereocenters. The lowest BCUT2D eigenvalue weighted by molar-refractivity contribution is -0.125. The number of amides is 1. The van der Waals surface area contributed by atoms with E-state index in [1.807, 2.05) is 6.92 Å². The summed E-state index contributed by atoms with van der Waals surface area (Å²) in [5, 5.41) is 5.80. The number of nitrogens with two attached hydrogens (primary N) is 1. The highest BCUT2D eigenvalue weighted by Crippen LogP contribution is 2.16. The lowest BCUT2D eigenvalue weighted by Crippen LogP contribution is -2.37. The van der Waals surface area contributed by atoms with Crippen molar-refractivity contribution in [2.45, 2.75) is 27.2 Å². The van der Waals surface area contributed by atoms with Gasteiger partial charge in [0.2, 0.25) is 17.8 Å². The van der Waals surface area contributed by atoms with Crippen LogP contribution in [0.4, 0.5) is 11.9 Å². The molecule has 0 aliphatic heterocycles. The highest BCUT2D eigenvalue weighted by molar-refractivity contribution is 5.80. The Bertz CT molecular complexity index is 463. The number of aromatic nitrogens is 3. The van der Waals surface area contributed by atoms with E-state index in [4.69, 9.17) is 10.5 Å². The summed E-state index contributed by atoms with van der Waals surface area (Å²) in [5.41, 5.74) is 4.62. The monoisotopic (exact) mass is 282 g/mol. The minimum atomic E-state index is -0.698. The van der Waals surface area contributed by atoms with Gasteiger partial charge in [0, 0.05) is 13.6 Å². The van der Waals surface area contributed by atoms with E-state index in [0.717, 1.165) is 6.42 Å². The number of ether oxygens (including phenoxy) is 1. The third-order valence-electron chi connectivity index (χ3n) is 2.63. The van der Waals surface area contributed by atoms with Crippen LogP contribution in [0.2, 0.25) is 0 Å². The summed E-state index contributed by atoms with van der Waals surface area (Å²) in [6, 6.07) is 0.241. The fourth-order valence-corrected chi connectivity index (χ4v) is 1.19. The van der Waals surface area contributed by atoms with Crippen LogP contribution < -0.4 is 21.1 Å². The van der Waals surface area contributed by atoms with E-state index in [1.165, 1.54) is 0 Å². The number of primary amides is 1. The first-order chi connectivity index (χ1) is 9.39. The minimum absolute atomic E-state index is 0.241. The van der Waals surface area contributed by atoms with Gasteiger partial charge >= 0.3 is 6.01 Å². The van der Waals surface area contributed by atoms with Crippen LogP contribution >= 0.6 is 0 Å². The molecule has 0 fully saturated rings. The number of rotatable bonds is 8. The molecular formula is C12H22N6O2. The molecule has 0 saturated carbocycles. The average molecular weight is 282 g/mol. The standard InChI is InChI=1S/C12H22N6O2/c1-5-6-20-11-17-9(14-4)16-10(18-11)15-7-12(2,3)8(13)19/h5-7H2,1-4H3,(H2,13,19)(H2,14,15,16,17,18). The van der Waals surface area contributed by atoms with E-state index >= 15 is 0 Å². The SMILES string of the molecule is CCCOc1nc(NC)nc(NCC(C)(C)C(N)=O)n1. The molecule has 0 spiro atoms. The Labute approximate surface area is 118 Å². The van der Waals surface area contributed by atoms with Crippen LogP contribution in [0.1, 0.15) is 27.2 Å². The summed E-state index contributed by atoms with van der Waals surface area (Å²) in [4.78, 5) is 23.6. The van der Waals surface area contributed by atoms with Gasteiger partial charge < -0.3 is 21.1 Å². The topological polar surface area (TPSA) is 115 Å². The second-order valence-corrected chi connectivity index (χ2v) is 4.97. The van der Waals surface area contributed by atoms with Gasteiger partial charge in [-0.05, 0) is 20.3 Å². The molecule has 1 rings (SSSR count). The van der Waals surface area contributed by atoms with Crippen molar-refractivity contribution in [2.24, 2.45) is 11.1 Å². The number of hydrogen-bond acceptors (Lipinski definition) is 7. The second-order valence-electron chi connectivity index (χ2n) is 4.97. The highest BCUT2D eigenvalue weighted by Gasteiger charge is 2.25. The van der Waals surface area contributed by atoms with Crippen molar-refractivity contribution >= 4 is 17.8 Å². The highest BCUT2D eigenvalue weighted by atomic mass is 16.5. The molecule has 0 radical (unpaired) electrons. The molecule has 8 heteroatoms. The molecule has 0 bridgehead atoms. The molecule has 1 amide bonds. The lowest BCUT2D eigenvalue weighted by atomic mass is 9.93. The van der Waals surface area contributed by atoms with E-state index in [-0.39, 0.29) is 6.01 Å². The number of carbonyl (C=O) groups is 1. The van der Waals surface area contributed by atoms with Crippen molar-refractivity contribution in [3.8, 4) is 6.01 Å². The molecule has 1 aromatic rings. The summed E-state index contributed by atoms with van der Waals surface area (Å²) >= 11 is 0. The average Bonchev–Trinajstić information content (AvgIpc) is 2.42. The summed E-state index contributed by atoms with van der Waals surface area (Å²) < 4.78 is 5.38. The Hall–Kier alpha value is -2.12. The molecule has 0 aliphatic rings. The first-order valence-corrected chi connectivity index (χ1v) is 6.49. The van der Waals surface area contributed by atoms with Crippen molar-refractivity contribution in [3.63, 3.8) is 0 Å². The van der Waals surface area contributed by atoms with Gasteiger partial charge in [-0.25, -0.2) is 0 Å². The quantitative estimate of drug-likeness (QED) is 0.640. The summed E-state index contributed by atoms with van der Waals surface area (Å²) in [6.07, 6.45) is 0.859. The van der Waals surface area contributed by atoms with Crippen molar-refractivity contribution in [1.29, 1.82) is 0 Å². The summed E-state index contributed by atoms with van der Waals surface area (Å²) in [5.74, 6) is 0.339. The van der Waals surface area contributed by atoms with E-state index in [0.29, 0.717) is 25.0 Å². The van der Waals surface area contributed by atoms with Crippen LogP contribution in [-0.4, -0.2) is 41.1 Å². The number of nitrogens with zero attached hydrogens (tertiary/aromatic N) is 3. The Morgan fingerprint density at radius 1 is 1.30 bits per heavy atom. The minimum Gasteiger partial charge on any atom is -0.463 e. The normalized spacial score (nSPS) is 11.0. The molecule has 1 heterocycles. The van der Waals surface area contributed by atoms with Gasteiger partial charge in [0.05, 0.1) is 12.0 Å². The van der Waals surface area contributed by atoms with E-state index < -0.39 is 11.3 Å². The Kier molecular flexibility index (Phi) is 5.48. The number of nitrogens with one attached hydrogen (secondary N) is 2. The summed E-state index contributed by atoms with van der Waals surface area (Å²) in [7, 11) is 1.70. The van der Waals surface area contributed by atoms with Crippen molar-refractivity contribution in [2.75, 3.05) is 30.8 Å². The zero-order valence-corrected chi connectivity index (χ0v) is 12.4. The lowest BCUT2D eigenvalue weighted by Gasteiger charge is -2.20. The van der Waals surface area contributed by atoms with Gasteiger partial charge in [0.25, 0.3) is 0 Å². The Morgan fingerprint density at radius 2 is 1.95 bits per heavy atom. The number of hydrogen-bond donors (Lipinski definition) is 3. The molecule has 0 aliphatic carbocycles. The fourth-order valence-electron chi connectivity index (χ4n) is 1.19. The first kappa shape index (κ1) is 15.9. The van der Waals surface area contributed by atoms with Crippen LogP contribution in [0.25, 0.3) is 0 Å². The molecule has 1 aromatic heterocycles. The van der Waals surface area contributed by atoms with Gasteiger partial charge in [-0.1, -0.05) is 6.92 Å². The maximum absolute atomic E-state index is 11.3. The number of anilines is 2. The van der Waals surface area contributed by atoms with Gasteiger partial charge in [-0.3, -0.25) is 4.79 Å². The smallest absolute Gasteiger partial charge is 0.323 e. The zero-order valence-electron chi connectivity index (χ0n) is 12.4. The molecule has 20 heavy (non-hydrogen) atoms. The fraction of sp³-hybridized carbons (Fsp3) is 0.667. The second kappa shape index (κ2) is 6.88. The predicted molar refractivity (Wildman–Crippen MR) is 76.6 cm³/mol. The zero-order chi connectivity index (χ0) is 15.2. The largest absolute Gasteiger partial charge is 0.463 e. The Balaban J connectivity index is 2.80. The molecular weight excluding hydrogens is 260 g/mol. The first-order valence-electron chi connectivity index (χ1n) is 6.49. The molecule has 0 atom stereocenters. The molecule has 112 valence electrons. The maximum atomic E-state index is 11.3. The van der Waals surface area contributed by atoms with Crippen LogP contribution in [0.5, 0.6) is 6.01 Å². The molecule has 4 N–H and O–H groups in total. The van der Waals surface area contributed by atoms with Crippen LogP contribution in [0.3, 0.4) is 0 Å². The van der Waals surface area contributed by atoms with Gasteiger partial charge in [0.1, 0.15) is 0 Å². The van der Waals surface area contributed by atoms with Crippen LogP contribution in [0.15, 0.2) is 0 Å². The van der Waals surface area contributed by atoms with Gasteiger partial charge in [-0.2, -0.15) is 15.0 Å². The number of carbonyl (C=O) groups excluding carboxylic acids is 1. The van der Waals surface area contributed by atoms with E-state index in [9.17, 15) is 4.79 Å². The van der Waals surface area contributed by atoms with E-state index in [2.05, 4.69) is 25.6 Å². The van der Waals surface area contributed by atoms with Crippen LogP contribution in [-0.2, 0) is 4.79 Å². The molecule has 0 saturated heterocycles. The molecule has 0 aromatic carbocycles. The van der Waals surface area contributed by atoms with Crippen LogP contribution in [0, 0.1) is 5.41 Å². The third-order valence-corrected chi connectivity index (χ3v) is 2.63. The summed E-state index contributed by atoms with van der Waals surface area (Å²) in [6.45, 7) is 6.34. The van der Waals surface area contributed by atoms with Gasteiger partial charge in [-0.15, -0.1) is 0 Å².